The molecular weight excluding hydrogens is 425 g/mol. The molecule has 0 unspecified atom stereocenters. The van der Waals surface area contributed by atoms with E-state index in [9.17, 15) is 9.59 Å². The van der Waals surface area contributed by atoms with Gasteiger partial charge in [0.2, 0.25) is 5.91 Å². The standard InChI is InChI=1S/C23H23Cl2NO4/c1-2-29-23(28)21(15-6-7-15)26-19(27)13-30-22(16-4-3-5-18(25)12-16)20(26)14-8-10-17(24)11-9-14/h3-5,8-12,15,20-22H,2,6-7,13H2,1H3/t20-,21-,22-/m1/s1. The first-order valence-electron chi connectivity index (χ1n) is 10.1. The van der Waals surface area contributed by atoms with Crippen molar-refractivity contribution in [3.63, 3.8) is 0 Å². The lowest BCUT2D eigenvalue weighted by molar-refractivity contribution is -0.174. The lowest BCUT2D eigenvalue weighted by Crippen LogP contribution is -2.54. The van der Waals surface area contributed by atoms with E-state index in [-0.39, 0.29) is 31.0 Å². The number of rotatable bonds is 6. The van der Waals surface area contributed by atoms with Gasteiger partial charge in [-0.1, -0.05) is 47.5 Å². The number of halogens is 2. The number of hydrogen-bond acceptors (Lipinski definition) is 4. The molecule has 1 aliphatic heterocycles. The Balaban J connectivity index is 1.81. The summed E-state index contributed by atoms with van der Waals surface area (Å²) in [6.45, 7) is 1.93. The fraction of sp³-hybridized carbons (Fsp3) is 0.391. The van der Waals surface area contributed by atoms with Crippen LogP contribution in [0, 0.1) is 5.92 Å². The number of benzene rings is 2. The van der Waals surface area contributed by atoms with Crippen LogP contribution < -0.4 is 0 Å². The molecule has 0 aromatic heterocycles. The highest BCUT2D eigenvalue weighted by Gasteiger charge is 2.50. The zero-order chi connectivity index (χ0) is 21.3. The molecule has 1 saturated carbocycles. The van der Waals surface area contributed by atoms with Crippen molar-refractivity contribution < 1.29 is 19.1 Å². The van der Waals surface area contributed by atoms with Crippen molar-refractivity contribution in [2.75, 3.05) is 13.2 Å². The Morgan fingerprint density at radius 1 is 1.13 bits per heavy atom. The van der Waals surface area contributed by atoms with Crippen LogP contribution in [0.25, 0.3) is 0 Å². The molecule has 7 heteroatoms. The molecule has 1 heterocycles. The van der Waals surface area contributed by atoms with Crippen LogP contribution in [0.1, 0.15) is 43.0 Å². The number of ether oxygens (including phenoxy) is 2. The maximum Gasteiger partial charge on any atom is 0.329 e. The molecule has 1 amide bonds. The van der Waals surface area contributed by atoms with Gasteiger partial charge in [-0.25, -0.2) is 4.79 Å². The Kier molecular flexibility index (Phi) is 6.32. The van der Waals surface area contributed by atoms with Crippen LogP contribution in [0.3, 0.4) is 0 Å². The number of carbonyl (C=O) groups excluding carboxylic acids is 2. The monoisotopic (exact) mass is 447 g/mol. The zero-order valence-electron chi connectivity index (χ0n) is 16.6. The summed E-state index contributed by atoms with van der Waals surface area (Å²) in [7, 11) is 0. The maximum absolute atomic E-state index is 13.1. The van der Waals surface area contributed by atoms with E-state index >= 15 is 0 Å². The fourth-order valence-corrected chi connectivity index (χ4v) is 4.41. The Morgan fingerprint density at radius 2 is 1.87 bits per heavy atom. The highest BCUT2D eigenvalue weighted by atomic mass is 35.5. The smallest absolute Gasteiger partial charge is 0.329 e. The van der Waals surface area contributed by atoms with Crippen LogP contribution in [-0.4, -0.2) is 36.0 Å². The Labute approximate surface area is 185 Å². The summed E-state index contributed by atoms with van der Waals surface area (Å²) in [5.41, 5.74) is 1.69. The van der Waals surface area contributed by atoms with Gasteiger partial charge in [-0.15, -0.1) is 0 Å². The molecular formula is C23H23Cl2NO4. The van der Waals surface area contributed by atoms with E-state index in [0.29, 0.717) is 10.0 Å². The number of nitrogens with zero attached hydrogens (tertiary/aromatic N) is 1. The van der Waals surface area contributed by atoms with E-state index < -0.39 is 18.2 Å². The van der Waals surface area contributed by atoms with Gasteiger partial charge in [0.1, 0.15) is 18.8 Å². The SMILES string of the molecule is CCOC(=O)[C@@H](C1CC1)N1C(=O)CO[C@H](c2cccc(Cl)c2)[C@H]1c1ccc(Cl)cc1. The number of carbonyl (C=O) groups is 2. The van der Waals surface area contributed by atoms with Crippen LogP contribution in [0.5, 0.6) is 0 Å². The third kappa shape index (κ3) is 4.34. The number of morpholine rings is 1. The van der Waals surface area contributed by atoms with Crippen molar-refractivity contribution >= 4 is 35.1 Å². The van der Waals surface area contributed by atoms with Gasteiger partial charge in [-0.2, -0.15) is 0 Å². The summed E-state index contributed by atoms with van der Waals surface area (Å²) >= 11 is 12.3. The van der Waals surface area contributed by atoms with Gasteiger partial charge in [0, 0.05) is 10.0 Å². The minimum absolute atomic E-state index is 0.0981. The highest BCUT2D eigenvalue weighted by Crippen LogP contribution is 2.46. The zero-order valence-corrected chi connectivity index (χ0v) is 18.1. The van der Waals surface area contributed by atoms with E-state index in [2.05, 4.69) is 0 Å². The third-order valence-electron chi connectivity index (χ3n) is 5.55. The second kappa shape index (κ2) is 8.96. The Bertz CT molecular complexity index is 929. The van der Waals surface area contributed by atoms with Crippen LogP contribution in [0.4, 0.5) is 0 Å². The predicted octanol–water partition coefficient (Wildman–Crippen LogP) is 4.98. The van der Waals surface area contributed by atoms with E-state index in [1.54, 1.807) is 30.0 Å². The van der Waals surface area contributed by atoms with Crippen LogP contribution in [0.15, 0.2) is 48.5 Å². The quantitative estimate of drug-likeness (QED) is 0.586. The topological polar surface area (TPSA) is 55.8 Å². The average molecular weight is 448 g/mol. The molecule has 2 aromatic carbocycles. The van der Waals surface area contributed by atoms with E-state index in [4.69, 9.17) is 32.7 Å². The third-order valence-corrected chi connectivity index (χ3v) is 6.03. The van der Waals surface area contributed by atoms with Gasteiger partial charge < -0.3 is 14.4 Å². The first kappa shape index (κ1) is 21.2. The molecule has 2 fully saturated rings. The molecule has 2 aliphatic rings. The molecule has 2 aromatic rings. The van der Waals surface area contributed by atoms with Crippen LogP contribution in [-0.2, 0) is 19.1 Å². The summed E-state index contributed by atoms with van der Waals surface area (Å²) in [6, 6.07) is 13.6. The molecule has 4 rings (SSSR count). The molecule has 1 aliphatic carbocycles. The molecule has 5 nitrogen and oxygen atoms in total. The van der Waals surface area contributed by atoms with Gasteiger partial charge >= 0.3 is 5.97 Å². The second-order valence-corrected chi connectivity index (χ2v) is 8.49. The Hall–Kier alpha value is -2.08. The molecule has 30 heavy (non-hydrogen) atoms. The summed E-state index contributed by atoms with van der Waals surface area (Å²) in [4.78, 5) is 27.7. The van der Waals surface area contributed by atoms with E-state index in [1.165, 1.54) is 0 Å². The highest BCUT2D eigenvalue weighted by molar-refractivity contribution is 6.30. The number of amides is 1. The Morgan fingerprint density at radius 3 is 2.50 bits per heavy atom. The molecule has 3 atom stereocenters. The van der Waals surface area contributed by atoms with Crippen molar-refractivity contribution in [2.45, 2.75) is 38.0 Å². The summed E-state index contributed by atoms with van der Waals surface area (Å²) < 4.78 is 11.4. The second-order valence-electron chi connectivity index (χ2n) is 7.62. The summed E-state index contributed by atoms with van der Waals surface area (Å²) in [5.74, 6) is -0.488. The number of esters is 1. The minimum atomic E-state index is -0.635. The average Bonchev–Trinajstić information content (AvgIpc) is 3.55. The molecule has 0 N–H and O–H groups in total. The van der Waals surface area contributed by atoms with Crippen molar-refractivity contribution in [1.82, 2.24) is 4.90 Å². The lowest BCUT2D eigenvalue weighted by atomic mass is 9.90. The fourth-order valence-electron chi connectivity index (χ4n) is 4.09. The van der Waals surface area contributed by atoms with Gasteiger partial charge in [0.25, 0.3) is 0 Å². The molecule has 158 valence electrons. The molecule has 0 spiro atoms. The van der Waals surface area contributed by atoms with Gasteiger partial charge in [0.15, 0.2) is 0 Å². The minimum Gasteiger partial charge on any atom is -0.464 e. The first-order chi connectivity index (χ1) is 14.5. The summed E-state index contributed by atoms with van der Waals surface area (Å²) in [5, 5.41) is 1.18. The van der Waals surface area contributed by atoms with Crippen molar-refractivity contribution in [1.29, 1.82) is 0 Å². The molecule has 0 radical (unpaired) electrons. The van der Waals surface area contributed by atoms with E-state index in [1.807, 2.05) is 30.3 Å². The van der Waals surface area contributed by atoms with Crippen molar-refractivity contribution in [3.05, 3.63) is 69.7 Å². The van der Waals surface area contributed by atoms with Gasteiger partial charge in [-0.3, -0.25) is 4.79 Å². The van der Waals surface area contributed by atoms with Crippen molar-refractivity contribution in [3.8, 4) is 0 Å². The predicted molar refractivity (Wildman–Crippen MR) is 114 cm³/mol. The van der Waals surface area contributed by atoms with E-state index in [0.717, 1.165) is 24.0 Å². The van der Waals surface area contributed by atoms with Gasteiger partial charge in [-0.05, 0) is 61.1 Å². The lowest BCUT2D eigenvalue weighted by Gasteiger charge is -2.44. The first-order valence-corrected chi connectivity index (χ1v) is 10.9. The maximum atomic E-state index is 13.1. The largest absolute Gasteiger partial charge is 0.464 e. The van der Waals surface area contributed by atoms with Gasteiger partial charge in [0.05, 0.1) is 12.6 Å². The summed E-state index contributed by atoms with van der Waals surface area (Å²) in [6.07, 6.45) is 1.31. The number of hydrogen-bond donors (Lipinski definition) is 0. The normalized spacial score (nSPS) is 22.6. The molecule has 0 bridgehead atoms. The van der Waals surface area contributed by atoms with Crippen molar-refractivity contribution in [2.24, 2.45) is 5.92 Å². The molecule has 1 saturated heterocycles. The van der Waals surface area contributed by atoms with Crippen LogP contribution in [0.2, 0.25) is 10.0 Å². The van der Waals surface area contributed by atoms with Crippen LogP contribution >= 0.6 is 23.2 Å².